The number of amidine groups is 1. The van der Waals surface area contributed by atoms with Gasteiger partial charge in [0, 0.05) is 29.0 Å². The van der Waals surface area contributed by atoms with Crippen LogP contribution in [0.5, 0.6) is 0 Å². The van der Waals surface area contributed by atoms with Crippen molar-refractivity contribution < 1.29 is 22.0 Å². The minimum atomic E-state index is -4.04. The minimum Gasteiger partial charge on any atom is -0.384 e. The molecule has 166 valence electrons. The molecular weight excluding hydrogens is 440 g/mol. The third kappa shape index (κ3) is 5.65. The molecule has 8 nitrogen and oxygen atoms in total. The van der Waals surface area contributed by atoms with Gasteiger partial charge in [-0.3, -0.25) is 5.41 Å². The number of amides is 2. The minimum absolute atomic E-state index is 0.141. The van der Waals surface area contributed by atoms with Crippen LogP contribution in [0.2, 0.25) is 0 Å². The van der Waals surface area contributed by atoms with Gasteiger partial charge >= 0.3 is 6.03 Å². The van der Waals surface area contributed by atoms with Crippen molar-refractivity contribution in [3.8, 4) is 0 Å². The number of carbonyl (C=O) groups is 1. The highest BCUT2D eigenvalue weighted by Gasteiger charge is 2.17. The molecule has 0 fully saturated rings. The number of hydrogen-bond donors (Lipinski definition) is 5. The van der Waals surface area contributed by atoms with E-state index in [4.69, 9.17) is 11.1 Å². The fraction of sp³-hybridized carbons (Fsp3) is 0.0476. The van der Waals surface area contributed by atoms with Gasteiger partial charge in [-0.05, 0) is 48.5 Å². The second-order valence-electron chi connectivity index (χ2n) is 6.62. The number of nitrogen functional groups attached to an aromatic ring is 1. The van der Waals surface area contributed by atoms with Crippen molar-refractivity contribution in [1.82, 2.24) is 4.72 Å². The summed E-state index contributed by atoms with van der Waals surface area (Å²) in [5, 5.41) is 12.5. The number of benzene rings is 3. The number of halogens is 2. The van der Waals surface area contributed by atoms with Crippen LogP contribution in [-0.2, 0) is 16.6 Å². The number of sulfonamides is 1. The maximum atomic E-state index is 13.7. The first-order chi connectivity index (χ1) is 15.2. The zero-order valence-electron chi connectivity index (χ0n) is 16.5. The Morgan fingerprint density at radius 3 is 2.12 bits per heavy atom. The lowest BCUT2D eigenvalue weighted by atomic mass is 10.2. The summed E-state index contributed by atoms with van der Waals surface area (Å²) in [4.78, 5) is 12.0. The fourth-order valence-electron chi connectivity index (χ4n) is 2.73. The van der Waals surface area contributed by atoms with Crippen molar-refractivity contribution >= 4 is 33.3 Å². The molecular formula is C21H19F2N5O3S. The van der Waals surface area contributed by atoms with E-state index in [1.165, 1.54) is 36.4 Å². The van der Waals surface area contributed by atoms with Gasteiger partial charge in [-0.2, -0.15) is 0 Å². The molecule has 6 N–H and O–H groups in total. The molecule has 0 bridgehead atoms. The summed E-state index contributed by atoms with van der Waals surface area (Å²) in [5.41, 5.74) is 6.20. The van der Waals surface area contributed by atoms with Gasteiger partial charge in [-0.15, -0.1) is 0 Å². The molecule has 0 aliphatic rings. The zero-order valence-corrected chi connectivity index (χ0v) is 17.3. The number of nitrogens with two attached hydrogens (primary N) is 1. The standard InChI is InChI=1S/C21H19F2N5O3S/c22-18-5-2-6-19(23)17(18)12-26-32(30,31)16-9-7-14(8-10-16)27-21(29)28-15-4-1-3-13(11-15)20(24)25/h1-11,26H,12H2,(H3,24,25)(H2,27,28,29). The van der Waals surface area contributed by atoms with Crippen LogP contribution in [0.25, 0.3) is 0 Å². The Kier molecular flexibility index (Phi) is 6.81. The topological polar surface area (TPSA) is 137 Å². The molecule has 0 spiro atoms. The molecule has 32 heavy (non-hydrogen) atoms. The zero-order chi connectivity index (χ0) is 23.3. The number of nitrogens with one attached hydrogen (secondary N) is 4. The van der Waals surface area contributed by atoms with Gasteiger partial charge in [0.05, 0.1) is 4.90 Å². The van der Waals surface area contributed by atoms with Crippen molar-refractivity contribution in [2.45, 2.75) is 11.4 Å². The van der Waals surface area contributed by atoms with Crippen LogP contribution in [0.1, 0.15) is 11.1 Å². The third-order valence-corrected chi connectivity index (χ3v) is 5.77. The Labute approximate surface area is 183 Å². The summed E-state index contributed by atoms with van der Waals surface area (Å²) in [6.45, 7) is -0.553. The van der Waals surface area contributed by atoms with E-state index in [9.17, 15) is 22.0 Å². The van der Waals surface area contributed by atoms with E-state index < -0.39 is 34.2 Å². The fourth-order valence-corrected chi connectivity index (χ4v) is 3.72. The van der Waals surface area contributed by atoms with Gasteiger partial charge in [0.2, 0.25) is 10.0 Å². The summed E-state index contributed by atoms with van der Waals surface area (Å²) in [5.74, 6) is -1.85. The molecule has 0 radical (unpaired) electrons. The molecule has 0 saturated carbocycles. The average Bonchev–Trinajstić information content (AvgIpc) is 2.74. The number of hydrogen-bond acceptors (Lipinski definition) is 4. The van der Waals surface area contributed by atoms with Crippen molar-refractivity contribution in [2.24, 2.45) is 5.73 Å². The lowest BCUT2D eigenvalue weighted by Gasteiger charge is -2.11. The second kappa shape index (κ2) is 9.54. The van der Waals surface area contributed by atoms with E-state index >= 15 is 0 Å². The number of anilines is 2. The molecule has 0 saturated heterocycles. The quantitative estimate of drug-likeness (QED) is 0.273. The summed E-state index contributed by atoms with van der Waals surface area (Å²) < 4.78 is 54.3. The SMILES string of the molecule is N=C(N)c1cccc(NC(=O)Nc2ccc(S(=O)(=O)NCc3c(F)cccc3F)cc2)c1. The number of carbonyl (C=O) groups excluding carboxylic acids is 1. The smallest absolute Gasteiger partial charge is 0.323 e. The van der Waals surface area contributed by atoms with Crippen LogP contribution in [0, 0.1) is 17.0 Å². The van der Waals surface area contributed by atoms with E-state index in [-0.39, 0.29) is 16.3 Å². The molecule has 0 aromatic heterocycles. The Morgan fingerprint density at radius 1 is 0.906 bits per heavy atom. The van der Waals surface area contributed by atoms with Gasteiger partial charge in [0.1, 0.15) is 17.5 Å². The molecule has 0 aliphatic carbocycles. The molecule has 3 aromatic rings. The number of rotatable bonds is 7. The van der Waals surface area contributed by atoms with Crippen LogP contribution >= 0.6 is 0 Å². The first-order valence-electron chi connectivity index (χ1n) is 9.21. The largest absolute Gasteiger partial charge is 0.384 e. The van der Waals surface area contributed by atoms with Crippen molar-refractivity contribution in [3.63, 3.8) is 0 Å². The van der Waals surface area contributed by atoms with E-state index in [0.717, 1.165) is 12.1 Å². The first-order valence-corrected chi connectivity index (χ1v) is 10.7. The Bertz CT molecular complexity index is 1240. The first kappa shape index (κ1) is 22.8. The third-order valence-electron chi connectivity index (χ3n) is 4.35. The van der Waals surface area contributed by atoms with Gasteiger partial charge in [0.15, 0.2) is 0 Å². The Morgan fingerprint density at radius 2 is 1.50 bits per heavy atom. The maximum absolute atomic E-state index is 13.7. The molecule has 0 heterocycles. The summed E-state index contributed by atoms with van der Waals surface area (Å²) in [7, 11) is -4.04. The van der Waals surface area contributed by atoms with Gasteiger partial charge in [-0.1, -0.05) is 18.2 Å². The lowest BCUT2D eigenvalue weighted by Crippen LogP contribution is -2.24. The maximum Gasteiger partial charge on any atom is 0.323 e. The highest BCUT2D eigenvalue weighted by Crippen LogP contribution is 2.17. The van der Waals surface area contributed by atoms with Crippen LogP contribution in [0.4, 0.5) is 25.0 Å². The molecule has 3 aromatic carbocycles. The normalized spacial score (nSPS) is 11.1. The van der Waals surface area contributed by atoms with Gasteiger partial charge in [-0.25, -0.2) is 26.7 Å². The predicted octanol–water partition coefficient (Wildman–Crippen LogP) is 3.37. The molecule has 0 aliphatic heterocycles. The van der Waals surface area contributed by atoms with Crippen LogP contribution < -0.4 is 21.1 Å². The monoisotopic (exact) mass is 459 g/mol. The lowest BCUT2D eigenvalue weighted by molar-refractivity contribution is 0.262. The second-order valence-corrected chi connectivity index (χ2v) is 8.39. The highest BCUT2D eigenvalue weighted by atomic mass is 32.2. The van der Waals surface area contributed by atoms with E-state index in [0.29, 0.717) is 16.9 Å². The molecule has 0 atom stereocenters. The van der Waals surface area contributed by atoms with E-state index in [1.807, 2.05) is 0 Å². The van der Waals surface area contributed by atoms with Crippen molar-refractivity contribution in [3.05, 3.63) is 89.5 Å². The van der Waals surface area contributed by atoms with E-state index in [1.54, 1.807) is 18.2 Å². The molecule has 11 heteroatoms. The van der Waals surface area contributed by atoms with Crippen molar-refractivity contribution in [2.75, 3.05) is 10.6 Å². The van der Waals surface area contributed by atoms with Crippen LogP contribution in [0.3, 0.4) is 0 Å². The average molecular weight is 459 g/mol. The van der Waals surface area contributed by atoms with Crippen molar-refractivity contribution in [1.29, 1.82) is 5.41 Å². The Balaban J connectivity index is 1.63. The molecule has 2 amide bonds. The van der Waals surface area contributed by atoms with E-state index in [2.05, 4.69) is 15.4 Å². The predicted molar refractivity (Wildman–Crippen MR) is 117 cm³/mol. The van der Waals surface area contributed by atoms with Gasteiger partial charge in [0.25, 0.3) is 0 Å². The summed E-state index contributed by atoms with van der Waals surface area (Å²) in [6, 6.07) is 14.3. The van der Waals surface area contributed by atoms with Crippen LogP contribution in [0.15, 0.2) is 71.6 Å². The number of urea groups is 1. The highest BCUT2D eigenvalue weighted by molar-refractivity contribution is 7.89. The van der Waals surface area contributed by atoms with Gasteiger partial charge < -0.3 is 16.4 Å². The summed E-state index contributed by atoms with van der Waals surface area (Å²) in [6.07, 6.45) is 0. The van der Waals surface area contributed by atoms with Crippen LogP contribution in [-0.4, -0.2) is 20.3 Å². The molecule has 3 rings (SSSR count). The molecule has 0 unspecified atom stereocenters. The summed E-state index contributed by atoms with van der Waals surface area (Å²) >= 11 is 0. The Hall–Kier alpha value is -3.83.